The highest BCUT2D eigenvalue weighted by Crippen LogP contribution is 2.30. The van der Waals surface area contributed by atoms with Gasteiger partial charge < -0.3 is 5.32 Å². The van der Waals surface area contributed by atoms with E-state index in [1.54, 1.807) is 0 Å². The largest absolute Gasteiger partial charge is 0.312 e. The first kappa shape index (κ1) is 14.9. The molecule has 102 valence electrons. The Kier molecular flexibility index (Phi) is 4.98. The summed E-state index contributed by atoms with van der Waals surface area (Å²) in [6.45, 7) is 6.64. The fourth-order valence-electron chi connectivity index (χ4n) is 2.28. The van der Waals surface area contributed by atoms with Crippen LogP contribution in [0.1, 0.15) is 46.5 Å². The molecular weight excluding hydrogens is 236 g/mol. The summed E-state index contributed by atoms with van der Waals surface area (Å²) in [5, 5.41) is 3.42. The van der Waals surface area contributed by atoms with Crippen LogP contribution >= 0.6 is 0 Å². The molecule has 1 rings (SSSR count). The van der Waals surface area contributed by atoms with Gasteiger partial charge in [-0.1, -0.05) is 19.3 Å². The molecule has 1 atom stereocenters. The Morgan fingerprint density at radius 2 is 1.94 bits per heavy atom. The molecule has 1 unspecified atom stereocenters. The van der Waals surface area contributed by atoms with E-state index in [0.717, 1.165) is 5.92 Å². The van der Waals surface area contributed by atoms with Gasteiger partial charge in [-0.05, 0) is 33.1 Å². The molecule has 0 aliphatic heterocycles. The highest BCUT2D eigenvalue weighted by molar-refractivity contribution is 7.88. The molecule has 0 saturated heterocycles. The molecule has 0 aromatic heterocycles. The second-order valence-corrected chi connectivity index (χ2v) is 7.82. The minimum absolute atomic E-state index is 0.429. The second-order valence-electron chi connectivity index (χ2n) is 6.07. The monoisotopic (exact) mass is 262 g/mol. The molecule has 0 spiro atoms. The summed E-state index contributed by atoms with van der Waals surface area (Å²) in [4.78, 5) is 0. The summed E-state index contributed by atoms with van der Waals surface area (Å²) >= 11 is 0. The van der Waals surface area contributed by atoms with Crippen molar-refractivity contribution in [2.24, 2.45) is 5.92 Å². The molecule has 0 heterocycles. The molecule has 0 bridgehead atoms. The molecule has 0 aromatic carbocycles. The first-order valence-corrected chi connectivity index (χ1v) is 8.29. The molecule has 1 fully saturated rings. The van der Waals surface area contributed by atoms with Gasteiger partial charge in [0.1, 0.15) is 0 Å². The lowest BCUT2D eigenvalue weighted by molar-refractivity contribution is 0.259. The van der Waals surface area contributed by atoms with Crippen molar-refractivity contribution < 1.29 is 8.42 Å². The number of hydrogen-bond donors (Lipinski definition) is 2. The van der Waals surface area contributed by atoms with Crippen LogP contribution in [0.2, 0.25) is 0 Å². The van der Waals surface area contributed by atoms with Crippen molar-refractivity contribution in [1.82, 2.24) is 10.0 Å². The average Bonchev–Trinajstić information content (AvgIpc) is 2.04. The molecule has 0 amide bonds. The lowest BCUT2D eigenvalue weighted by Gasteiger charge is -2.31. The fraction of sp³-hybridized carbons (Fsp3) is 1.00. The van der Waals surface area contributed by atoms with Crippen LogP contribution in [0.25, 0.3) is 0 Å². The van der Waals surface area contributed by atoms with Gasteiger partial charge in [0.25, 0.3) is 0 Å². The van der Waals surface area contributed by atoms with E-state index in [0.29, 0.717) is 12.6 Å². The number of nitrogens with one attached hydrogen (secondary N) is 2. The van der Waals surface area contributed by atoms with Crippen LogP contribution in [0.5, 0.6) is 0 Å². The maximum Gasteiger partial charge on any atom is 0.209 e. The molecular formula is C12H26N2O2S. The van der Waals surface area contributed by atoms with Gasteiger partial charge in [-0.3, -0.25) is 0 Å². The zero-order valence-corrected chi connectivity index (χ0v) is 12.2. The Balaban J connectivity index is 2.27. The van der Waals surface area contributed by atoms with E-state index in [4.69, 9.17) is 0 Å². The molecule has 1 aliphatic rings. The quantitative estimate of drug-likeness (QED) is 0.731. The third-order valence-corrected chi connectivity index (χ3v) is 4.19. The summed E-state index contributed by atoms with van der Waals surface area (Å²) in [6.07, 6.45) is 6.49. The Hall–Kier alpha value is -0.130. The van der Waals surface area contributed by atoms with Gasteiger partial charge in [-0.2, -0.15) is 0 Å². The third-order valence-electron chi connectivity index (χ3n) is 3.27. The summed E-state index contributed by atoms with van der Waals surface area (Å²) in [6, 6.07) is 0.459. The van der Waals surface area contributed by atoms with E-state index in [1.807, 2.05) is 13.8 Å². The summed E-state index contributed by atoms with van der Waals surface area (Å²) in [5.41, 5.74) is -0.429. The average molecular weight is 262 g/mol. The lowest BCUT2D eigenvalue weighted by Crippen LogP contribution is -2.51. The summed E-state index contributed by atoms with van der Waals surface area (Å²) in [7, 11) is -3.14. The SMILES string of the molecule is CC(CC1CCC1)NCC(C)(C)NS(C)(=O)=O. The van der Waals surface area contributed by atoms with Gasteiger partial charge >= 0.3 is 0 Å². The van der Waals surface area contributed by atoms with Crippen LogP contribution in [0, 0.1) is 5.92 Å². The van der Waals surface area contributed by atoms with Crippen molar-refractivity contribution in [2.75, 3.05) is 12.8 Å². The molecule has 1 aliphatic carbocycles. The Morgan fingerprint density at radius 1 is 1.35 bits per heavy atom. The fourth-order valence-corrected chi connectivity index (χ4v) is 3.36. The Morgan fingerprint density at radius 3 is 2.35 bits per heavy atom. The van der Waals surface area contributed by atoms with Crippen molar-refractivity contribution in [2.45, 2.75) is 58.0 Å². The van der Waals surface area contributed by atoms with Crippen LogP contribution in [-0.4, -0.2) is 32.8 Å². The first-order chi connectivity index (χ1) is 7.68. The standard InChI is InChI=1S/C12H26N2O2S/c1-10(8-11-6-5-7-11)13-9-12(2,3)14-17(4,15)16/h10-11,13-14H,5-9H2,1-4H3. The van der Waals surface area contributed by atoms with Crippen molar-refractivity contribution in [3.05, 3.63) is 0 Å². The minimum Gasteiger partial charge on any atom is -0.312 e. The van der Waals surface area contributed by atoms with E-state index in [2.05, 4.69) is 17.0 Å². The molecule has 17 heavy (non-hydrogen) atoms. The van der Waals surface area contributed by atoms with Crippen LogP contribution in [0.15, 0.2) is 0 Å². The van der Waals surface area contributed by atoms with E-state index >= 15 is 0 Å². The highest BCUT2D eigenvalue weighted by Gasteiger charge is 2.24. The zero-order chi connectivity index (χ0) is 13.1. The zero-order valence-electron chi connectivity index (χ0n) is 11.4. The lowest BCUT2D eigenvalue weighted by atomic mass is 9.81. The molecule has 0 radical (unpaired) electrons. The molecule has 0 aromatic rings. The Labute approximate surface area is 106 Å². The van der Waals surface area contributed by atoms with Crippen LogP contribution in [-0.2, 0) is 10.0 Å². The van der Waals surface area contributed by atoms with Crippen LogP contribution < -0.4 is 10.0 Å². The van der Waals surface area contributed by atoms with Crippen molar-refractivity contribution in [1.29, 1.82) is 0 Å². The van der Waals surface area contributed by atoms with Gasteiger partial charge in [-0.15, -0.1) is 0 Å². The smallest absolute Gasteiger partial charge is 0.209 e. The van der Waals surface area contributed by atoms with Gasteiger partial charge in [0.15, 0.2) is 0 Å². The predicted molar refractivity (Wildman–Crippen MR) is 71.5 cm³/mol. The maximum atomic E-state index is 11.2. The number of hydrogen-bond acceptors (Lipinski definition) is 3. The maximum absolute atomic E-state index is 11.2. The third kappa shape index (κ3) is 6.38. The predicted octanol–water partition coefficient (Wildman–Crippen LogP) is 1.48. The van der Waals surface area contributed by atoms with Crippen molar-refractivity contribution >= 4 is 10.0 Å². The normalized spacial score (nSPS) is 20.0. The minimum atomic E-state index is -3.14. The topological polar surface area (TPSA) is 58.2 Å². The van der Waals surface area contributed by atoms with Gasteiger partial charge in [0, 0.05) is 18.1 Å². The first-order valence-electron chi connectivity index (χ1n) is 6.40. The summed E-state index contributed by atoms with van der Waals surface area (Å²) in [5.74, 6) is 0.878. The van der Waals surface area contributed by atoms with Crippen LogP contribution in [0.3, 0.4) is 0 Å². The molecule has 4 nitrogen and oxygen atoms in total. The highest BCUT2D eigenvalue weighted by atomic mass is 32.2. The molecule has 5 heteroatoms. The van der Waals surface area contributed by atoms with E-state index < -0.39 is 15.6 Å². The Bertz CT molecular complexity index is 334. The van der Waals surface area contributed by atoms with Crippen molar-refractivity contribution in [3.63, 3.8) is 0 Å². The summed E-state index contributed by atoms with van der Waals surface area (Å²) < 4.78 is 25.0. The van der Waals surface area contributed by atoms with E-state index in [-0.39, 0.29) is 0 Å². The van der Waals surface area contributed by atoms with Gasteiger partial charge in [0.05, 0.1) is 6.26 Å². The van der Waals surface area contributed by atoms with Gasteiger partial charge in [-0.25, -0.2) is 13.1 Å². The molecule has 1 saturated carbocycles. The van der Waals surface area contributed by atoms with Crippen LogP contribution in [0.4, 0.5) is 0 Å². The second kappa shape index (κ2) is 5.67. The van der Waals surface area contributed by atoms with E-state index in [1.165, 1.54) is 31.9 Å². The number of rotatable bonds is 7. The van der Waals surface area contributed by atoms with Gasteiger partial charge in [0.2, 0.25) is 10.0 Å². The number of sulfonamides is 1. The molecule has 2 N–H and O–H groups in total. The van der Waals surface area contributed by atoms with Crippen molar-refractivity contribution in [3.8, 4) is 0 Å². The van der Waals surface area contributed by atoms with E-state index in [9.17, 15) is 8.42 Å².